The summed E-state index contributed by atoms with van der Waals surface area (Å²) in [7, 11) is 2.11. The predicted octanol–water partition coefficient (Wildman–Crippen LogP) is 2.84. The topological polar surface area (TPSA) is 29.9 Å². The second kappa shape index (κ2) is 3.25. The van der Waals surface area contributed by atoms with Gasteiger partial charge in [0.2, 0.25) is 0 Å². The molecule has 0 aliphatic carbocycles. The normalized spacial score (nSPS) is 15.1. The molecule has 90 valence electrons. The van der Waals surface area contributed by atoms with Crippen molar-refractivity contribution in [3.8, 4) is 0 Å². The minimum Gasteiger partial charge on any atom is -0.384 e. The smallest absolute Gasteiger partial charge is 0.115 e. The van der Waals surface area contributed by atoms with Crippen molar-refractivity contribution in [2.24, 2.45) is 7.05 Å². The van der Waals surface area contributed by atoms with Crippen LogP contribution in [0.15, 0.2) is 12.1 Å². The molecule has 2 aromatic rings. The first-order valence-corrected chi connectivity index (χ1v) is 6.20. The first-order chi connectivity index (χ1) is 7.97. The van der Waals surface area contributed by atoms with Crippen LogP contribution in [-0.2, 0) is 18.9 Å². The number of aromatic nitrogens is 2. The van der Waals surface area contributed by atoms with Gasteiger partial charge >= 0.3 is 0 Å². The molecule has 0 amide bonds. The zero-order valence-electron chi connectivity index (χ0n) is 11.0. The molecule has 0 bridgehead atoms. The summed E-state index contributed by atoms with van der Waals surface area (Å²) in [4.78, 5) is 4.80. The third kappa shape index (κ3) is 1.53. The minimum absolute atomic E-state index is 0.0889. The van der Waals surface area contributed by atoms with E-state index in [9.17, 15) is 0 Å². The zero-order valence-corrected chi connectivity index (χ0v) is 11.0. The number of hydrogen-bond donors (Lipinski definition) is 1. The molecule has 3 heteroatoms. The van der Waals surface area contributed by atoms with Gasteiger partial charge in [-0.25, -0.2) is 4.98 Å². The predicted molar refractivity (Wildman–Crippen MR) is 71.6 cm³/mol. The molecule has 1 aromatic heterocycles. The molecule has 2 heterocycles. The molecule has 1 N–H and O–H groups in total. The highest BCUT2D eigenvalue weighted by atomic mass is 15.1. The van der Waals surface area contributed by atoms with Crippen LogP contribution in [0.25, 0.3) is 11.0 Å². The molecule has 17 heavy (non-hydrogen) atoms. The van der Waals surface area contributed by atoms with Crippen molar-refractivity contribution in [3.05, 3.63) is 23.5 Å². The quantitative estimate of drug-likeness (QED) is 0.753. The molecule has 0 atom stereocenters. The highest BCUT2D eigenvalue weighted by Crippen LogP contribution is 2.31. The molecule has 1 aliphatic rings. The maximum Gasteiger partial charge on any atom is 0.115 e. The molecule has 0 spiro atoms. The Morgan fingerprint density at radius 1 is 1.29 bits per heavy atom. The fraction of sp³-hybridized carbons (Fsp3) is 0.500. The van der Waals surface area contributed by atoms with Gasteiger partial charge in [0.25, 0.3) is 0 Å². The molecule has 1 aromatic carbocycles. The van der Waals surface area contributed by atoms with Gasteiger partial charge in [-0.3, -0.25) is 0 Å². The van der Waals surface area contributed by atoms with Gasteiger partial charge in [0.15, 0.2) is 0 Å². The molecule has 0 fully saturated rings. The molecular weight excluding hydrogens is 210 g/mol. The summed E-state index contributed by atoms with van der Waals surface area (Å²) in [5, 5.41) is 3.43. The Hall–Kier alpha value is -1.51. The molecule has 1 aliphatic heterocycles. The Balaban J connectivity index is 2.28. The van der Waals surface area contributed by atoms with Crippen LogP contribution >= 0.6 is 0 Å². The highest BCUT2D eigenvalue weighted by Gasteiger charge is 2.22. The van der Waals surface area contributed by atoms with E-state index in [-0.39, 0.29) is 5.41 Å². The van der Waals surface area contributed by atoms with Gasteiger partial charge in [-0.1, -0.05) is 20.8 Å². The third-order valence-electron chi connectivity index (χ3n) is 3.49. The van der Waals surface area contributed by atoms with Crippen molar-refractivity contribution in [1.82, 2.24) is 9.55 Å². The Morgan fingerprint density at radius 2 is 2.06 bits per heavy atom. The van der Waals surface area contributed by atoms with Gasteiger partial charge in [0.05, 0.1) is 11.0 Å². The molecule has 0 unspecified atom stereocenters. The van der Waals surface area contributed by atoms with Crippen LogP contribution in [0.1, 0.15) is 32.2 Å². The largest absolute Gasteiger partial charge is 0.384 e. The molecule has 0 saturated heterocycles. The van der Waals surface area contributed by atoms with E-state index in [4.69, 9.17) is 4.98 Å². The van der Waals surface area contributed by atoms with Crippen molar-refractivity contribution in [2.75, 3.05) is 11.9 Å². The summed E-state index contributed by atoms with van der Waals surface area (Å²) in [6, 6.07) is 4.47. The van der Waals surface area contributed by atoms with Crippen LogP contribution in [0.4, 0.5) is 5.69 Å². The number of benzene rings is 1. The van der Waals surface area contributed by atoms with Crippen molar-refractivity contribution >= 4 is 16.7 Å². The number of hydrogen-bond acceptors (Lipinski definition) is 2. The number of fused-ring (bicyclic) bond motifs is 2. The van der Waals surface area contributed by atoms with E-state index in [0.29, 0.717) is 0 Å². The van der Waals surface area contributed by atoms with E-state index >= 15 is 0 Å². The van der Waals surface area contributed by atoms with Crippen LogP contribution in [0.2, 0.25) is 0 Å². The summed E-state index contributed by atoms with van der Waals surface area (Å²) in [6.07, 6.45) is 1.12. The van der Waals surface area contributed by atoms with Crippen LogP contribution in [0.5, 0.6) is 0 Å². The van der Waals surface area contributed by atoms with Gasteiger partial charge < -0.3 is 9.88 Å². The summed E-state index contributed by atoms with van der Waals surface area (Å²) in [5.74, 6) is 1.15. The lowest BCUT2D eigenvalue weighted by molar-refractivity contribution is 0.526. The maximum atomic E-state index is 4.80. The van der Waals surface area contributed by atoms with E-state index in [1.807, 2.05) is 0 Å². The first kappa shape index (κ1) is 10.6. The Kier molecular flexibility index (Phi) is 2.03. The number of nitrogens with zero attached hydrogens (tertiary/aromatic N) is 2. The standard InChI is InChI=1S/C14H19N3/c1-14(2,3)13-16-11-7-9-5-6-15-10(9)8-12(11)17(13)4/h7-8,15H,5-6H2,1-4H3. The molecule has 3 nitrogen and oxygen atoms in total. The summed E-state index contributed by atoms with van der Waals surface area (Å²) < 4.78 is 2.22. The fourth-order valence-electron chi connectivity index (χ4n) is 2.66. The highest BCUT2D eigenvalue weighted by molar-refractivity contribution is 5.83. The number of rotatable bonds is 0. The monoisotopic (exact) mass is 229 g/mol. The zero-order chi connectivity index (χ0) is 12.2. The van der Waals surface area contributed by atoms with Gasteiger partial charge in [-0.2, -0.15) is 0 Å². The molecule has 0 radical (unpaired) electrons. The summed E-state index contributed by atoms with van der Waals surface area (Å²) in [5.41, 5.74) is 5.12. The first-order valence-electron chi connectivity index (χ1n) is 6.20. The van der Waals surface area contributed by atoms with Crippen LogP contribution < -0.4 is 5.32 Å². The van der Waals surface area contributed by atoms with Crippen LogP contribution in [0, 0.1) is 0 Å². The van der Waals surface area contributed by atoms with Gasteiger partial charge in [0, 0.05) is 24.7 Å². The lowest BCUT2D eigenvalue weighted by atomic mass is 9.96. The minimum atomic E-state index is 0.0889. The average Bonchev–Trinajstić information content (AvgIpc) is 2.79. The Labute approximate surface area is 102 Å². The van der Waals surface area contributed by atoms with E-state index in [2.05, 4.69) is 49.8 Å². The van der Waals surface area contributed by atoms with Crippen molar-refractivity contribution in [3.63, 3.8) is 0 Å². The number of anilines is 1. The van der Waals surface area contributed by atoms with Crippen molar-refractivity contribution in [1.29, 1.82) is 0 Å². The van der Waals surface area contributed by atoms with E-state index < -0.39 is 0 Å². The van der Waals surface area contributed by atoms with Crippen molar-refractivity contribution in [2.45, 2.75) is 32.6 Å². The number of imidazole rings is 1. The SMILES string of the molecule is Cn1c(C(C)(C)C)nc2cc3c(cc21)NCC3. The molecular formula is C14H19N3. The number of nitrogens with one attached hydrogen (secondary N) is 1. The van der Waals surface area contributed by atoms with Gasteiger partial charge in [-0.15, -0.1) is 0 Å². The Morgan fingerprint density at radius 3 is 2.76 bits per heavy atom. The van der Waals surface area contributed by atoms with Gasteiger partial charge in [0.1, 0.15) is 5.82 Å². The van der Waals surface area contributed by atoms with E-state index in [0.717, 1.165) is 24.3 Å². The second-order valence-electron chi connectivity index (χ2n) is 5.92. The second-order valence-corrected chi connectivity index (χ2v) is 5.92. The summed E-state index contributed by atoms with van der Waals surface area (Å²) in [6.45, 7) is 7.68. The average molecular weight is 229 g/mol. The van der Waals surface area contributed by atoms with Crippen molar-refractivity contribution < 1.29 is 0 Å². The lowest BCUT2D eigenvalue weighted by Crippen LogP contribution is -2.17. The van der Waals surface area contributed by atoms with E-state index in [1.54, 1.807) is 0 Å². The molecule has 3 rings (SSSR count). The number of aryl methyl sites for hydroxylation is 1. The maximum absolute atomic E-state index is 4.80. The van der Waals surface area contributed by atoms with E-state index in [1.165, 1.54) is 16.8 Å². The third-order valence-corrected chi connectivity index (χ3v) is 3.49. The summed E-state index contributed by atoms with van der Waals surface area (Å²) >= 11 is 0. The van der Waals surface area contributed by atoms with Crippen LogP contribution in [-0.4, -0.2) is 16.1 Å². The Bertz CT molecular complexity index is 588. The fourth-order valence-corrected chi connectivity index (χ4v) is 2.66. The van der Waals surface area contributed by atoms with Crippen LogP contribution in [0.3, 0.4) is 0 Å². The molecule has 0 saturated carbocycles. The van der Waals surface area contributed by atoms with Gasteiger partial charge in [-0.05, 0) is 24.1 Å². The lowest BCUT2D eigenvalue weighted by Gasteiger charge is -2.17.